The molecule has 1 aromatic carbocycles. The number of amides is 2. The highest BCUT2D eigenvalue weighted by Crippen LogP contribution is 2.06. The molecule has 0 aliphatic heterocycles. The zero-order chi connectivity index (χ0) is 16.9. The third kappa shape index (κ3) is 7.76. The summed E-state index contributed by atoms with van der Waals surface area (Å²) in [6, 6.07) is 8.99. The van der Waals surface area contributed by atoms with Gasteiger partial charge < -0.3 is 21.1 Å². The van der Waals surface area contributed by atoms with Gasteiger partial charge >= 0.3 is 0 Å². The summed E-state index contributed by atoms with van der Waals surface area (Å²) in [5.74, 6) is -0.231. The fourth-order valence-electron chi connectivity index (χ4n) is 2.16. The third-order valence-electron chi connectivity index (χ3n) is 3.54. The zero-order valence-electron chi connectivity index (χ0n) is 13.7. The maximum Gasteiger partial charge on any atom is 0.245 e. The fourth-order valence-corrected chi connectivity index (χ4v) is 2.16. The molecule has 1 aromatic rings. The first-order chi connectivity index (χ1) is 11.2. The van der Waals surface area contributed by atoms with Gasteiger partial charge in [-0.3, -0.25) is 9.59 Å². The monoisotopic (exact) mass is 321 g/mol. The Kier molecular flexibility index (Phi) is 9.66. The van der Waals surface area contributed by atoms with Crippen molar-refractivity contribution in [3.05, 3.63) is 35.9 Å². The van der Waals surface area contributed by atoms with Crippen molar-refractivity contribution in [2.45, 2.75) is 44.9 Å². The van der Waals surface area contributed by atoms with Gasteiger partial charge in [-0.2, -0.15) is 0 Å². The molecule has 0 aromatic heterocycles. The molecule has 2 atom stereocenters. The van der Waals surface area contributed by atoms with E-state index in [4.69, 9.17) is 10.5 Å². The fraction of sp³-hybridized carbons (Fsp3) is 0.529. The molecule has 128 valence electrons. The second kappa shape index (κ2) is 11.6. The largest absolute Gasteiger partial charge is 0.371 e. The van der Waals surface area contributed by atoms with E-state index in [0.29, 0.717) is 26.1 Å². The highest BCUT2D eigenvalue weighted by Gasteiger charge is 2.24. The van der Waals surface area contributed by atoms with Crippen molar-refractivity contribution in [3.8, 4) is 0 Å². The van der Waals surface area contributed by atoms with E-state index in [1.54, 1.807) is 6.92 Å². The van der Waals surface area contributed by atoms with Gasteiger partial charge in [-0.05, 0) is 31.9 Å². The topological polar surface area (TPSA) is 93.4 Å². The van der Waals surface area contributed by atoms with E-state index in [0.717, 1.165) is 24.8 Å². The summed E-state index contributed by atoms with van der Waals surface area (Å²) >= 11 is 0. The molecule has 0 aliphatic carbocycles. The number of benzene rings is 1. The second-order valence-electron chi connectivity index (χ2n) is 5.40. The normalized spacial score (nSPS) is 13.1. The van der Waals surface area contributed by atoms with Crippen LogP contribution < -0.4 is 16.4 Å². The number of hydrogen-bond donors (Lipinski definition) is 3. The molecule has 0 saturated carbocycles. The average Bonchev–Trinajstić information content (AvgIpc) is 2.58. The quantitative estimate of drug-likeness (QED) is 0.395. The van der Waals surface area contributed by atoms with E-state index in [-0.39, 0.29) is 5.91 Å². The van der Waals surface area contributed by atoms with E-state index in [1.807, 2.05) is 30.3 Å². The van der Waals surface area contributed by atoms with E-state index in [9.17, 15) is 9.59 Å². The van der Waals surface area contributed by atoms with Gasteiger partial charge in [0.2, 0.25) is 12.3 Å². The molecule has 0 fully saturated rings. The Labute approximate surface area is 137 Å². The van der Waals surface area contributed by atoms with E-state index >= 15 is 0 Å². The van der Waals surface area contributed by atoms with Gasteiger partial charge in [-0.15, -0.1) is 0 Å². The van der Waals surface area contributed by atoms with E-state index in [1.165, 1.54) is 0 Å². The average molecular weight is 321 g/mol. The molecular weight excluding hydrogens is 294 g/mol. The highest BCUT2D eigenvalue weighted by molar-refractivity contribution is 5.84. The Balaban J connectivity index is 2.41. The van der Waals surface area contributed by atoms with Crippen molar-refractivity contribution in [1.29, 1.82) is 0 Å². The first-order valence-electron chi connectivity index (χ1n) is 8.02. The van der Waals surface area contributed by atoms with Crippen molar-refractivity contribution >= 4 is 12.3 Å². The predicted octanol–water partition coefficient (Wildman–Crippen LogP) is 0.952. The lowest BCUT2D eigenvalue weighted by Crippen LogP contribution is -2.50. The number of ether oxygens (including phenoxy) is 1. The zero-order valence-corrected chi connectivity index (χ0v) is 13.7. The van der Waals surface area contributed by atoms with Gasteiger partial charge in [0.1, 0.15) is 6.04 Å². The maximum atomic E-state index is 12.2. The molecule has 6 nitrogen and oxygen atoms in total. The van der Waals surface area contributed by atoms with Crippen LogP contribution in [0.15, 0.2) is 30.3 Å². The minimum Gasteiger partial charge on any atom is -0.371 e. The molecule has 23 heavy (non-hydrogen) atoms. The molecule has 0 radical (unpaired) electrons. The van der Waals surface area contributed by atoms with Gasteiger partial charge in [0.25, 0.3) is 0 Å². The Morgan fingerprint density at radius 1 is 1.26 bits per heavy atom. The van der Waals surface area contributed by atoms with Crippen LogP contribution in [0.4, 0.5) is 0 Å². The number of carbonyl (C=O) groups excluding carboxylic acids is 2. The molecule has 4 N–H and O–H groups in total. The van der Waals surface area contributed by atoms with Crippen LogP contribution in [0.2, 0.25) is 0 Å². The van der Waals surface area contributed by atoms with Crippen LogP contribution in [0, 0.1) is 0 Å². The smallest absolute Gasteiger partial charge is 0.245 e. The first-order valence-corrected chi connectivity index (χ1v) is 8.02. The summed E-state index contributed by atoms with van der Waals surface area (Å²) < 4.78 is 5.71. The minimum atomic E-state index is -0.703. The molecule has 2 amide bonds. The summed E-state index contributed by atoms with van der Waals surface area (Å²) in [6.45, 7) is 3.40. The molecule has 0 bridgehead atoms. The van der Waals surface area contributed by atoms with E-state index in [2.05, 4.69) is 10.6 Å². The molecule has 1 rings (SSSR count). The summed E-state index contributed by atoms with van der Waals surface area (Å²) in [5, 5.41) is 5.36. The number of unbranched alkanes of at least 4 members (excludes halogenated alkanes) is 2. The summed E-state index contributed by atoms with van der Waals surface area (Å²) in [4.78, 5) is 22.9. The lowest BCUT2D eigenvalue weighted by molar-refractivity contribution is -0.129. The molecule has 0 spiro atoms. The minimum absolute atomic E-state index is 0.231. The maximum absolute atomic E-state index is 12.2. The number of hydrogen-bond acceptors (Lipinski definition) is 4. The Hall–Kier alpha value is -1.92. The molecule has 6 heteroatoms. The lowest BCUT2D eigenvalue weighted by Gasteiger charge is -2.23. The number of nitrogens with one attached hydrogen (secondary N) is 2. The Bertz CT molecular complexity index is 454. The molecule has 2 unspecified atom stereocenters. The second-order valence-corrected chi connectivity index (χ2v) is 5.40. The van der Waals surface area contributed by atoms with Crippen molar-refractivity contribution in [3.63, 3.8) is 0 Å². The first kappa shape index (κ1) is 19.1. The molecule has 0 aliphatic rings. The van der Waals surface area contributed by atoms with Gasteiger partial charge in [0, 0.05) is 6.54 Å². The number of nitrogens with two attached hydrogens (primary N) is 1. The van der Waals surface area contributed by atoms with Crippen molar-refractivity contribution < 1.29 is 14.3 Å². The number of rotatable bonds is 12. The van der Waals surface area contributed by atoms with Crippen molar-refractivity contribution in [2.24, 2.45) is 5.73 Å². The van der Waals surface area contributed by atoms with Crippen LogP contribution in [0.25, 0.3) is 0 Å². The van der Waals surface area contributed by atoms with Crippen LogP contribution >= 0.6 is 0 Å². The highest BCUT2D eigenvalue weighted by atomic mass is 16.5. The standard InChI is InChI=1S/C17H27N3O3/c1-14(23-12-15-8-4-2-5-9-15)16(20-13-21)17(22)19-11-7-3-6-10-18/h2,4-5,8-9,13-14,16H,3,6-7,10-12,18H2,1H3,(H,19,22)(H,20,21). The number of carbonyl (C=O) groups is 2. The Morgan fingerprint density at radius 3 is 2.65 bits per heavy atom. The summed E-state index contributed by atoms with van der Waals surface area (Å²) in [5.41, 5.74) is 6.45. The van der Waals surface area contributed by atoms with Gasteiger partial charge in [-0.1, -0.05) is 36.8 Å². The van der Waals surface area contributed by atoms with Gasteiger partial charge in [-0.25, -0.2) is 0 Å². The van der Waals surface area contributed by atoms with Gasteiger partial charge in [0.15, 0.2) is 0 Å². The Morgan fingerprint density at radius 2 is 2.00 bits per heavy atom. The summed E-state index contributed by atoms with van der Waals surface area (Å²) in [7, 11) is 0. The molecular formula is C17H27N3O3. The van der Waals surface area contributed by atoms with Crippen LogP contribution in [-0.4, -0.2) is 37.6 Å². The third-order valence-corrected chi connectivity index (χ3v) is 3.54. The van der Waals surface area contributed by atoms with Crippen molar-refractivity contribution in [2.75, 3.05) is 13.1 Å². The van der Waals surface area contributed by atoms with Crippen LogP contribution in [0.3, 0.4) is 0 Å². The van der Waals surface area contributed by atoms with Gasteiger partial charge in [0.05, 0.1) is 12.7 Å². The lowest BCUT2D eigenvalue weighted by atomic mass is 10.1. The predicted molar refractivity (Wildman–Crippen MR) is 89.6 cm³/mol. The van der Waals surface area contributed by atoms with Crippen LogP contribution in [-0.2, 0) is 20.9 Å². The SMILES string of the molecule is CC(OCc1ccccc1)C(NC=O)C(=O)NCCCCCN. The van der Waals surface area contributed by atoms with Crippen molar-refractivity contribution in [1.82, 2.24) is 10.6 Å². The molecule has 0 heterocycles. The van der Waals surface area contributed by atoms with E-state index < -0.39 is 12.1 Å². The van der Waals surface area contributed by atoms with Crippen LogP contribution in [0.1, 0.15) is 31.7 Å². The summed E-state index contributed by atoms with van der Waals surface area (Å²) in [6.07, 6.45) is 2.90. The van der Waals surface area contributed by atoms with Crippen LogP contribution in [0.5, 0.6) is 0 Å². The molecule has 0 saturated heterocycles.